The Hall–Kier alpha value is -2.70. The topological polar surface area (TPSA) is 99.2 Å². The fourth-order valence-corrected chi connectivity index (χ4v) is 2.93. The predicted octanol–water partition coefficient (Wildman–Crippen LogP) is 1.70. The number of H-pyrrole nitrogens is 1. The van der Waals surface area contributed by atoms with Gasteiger partial charge in [-0.15, -0.1) is 0 Å². The van der Waals surface area contributed by atoms with Gasteiger partial charge in [-0.05, 0) is 31.4 Å². The molecule has 1 saturated heterocycles. The lowest BCUT2D eigenvalue weighted by Crippen LogP contribution is -2.39. The number of hydrogen-bond acceptors (Lipinski definition) is 5. The van der Waals surface area contributed by atoms with Crippen LogP contribution in [-0.2, 0) is 11.2 Å². The SMILES string of the molecule is CCc1cc(=O)[nH]c(-c2ccc(N3CCCC(C(=O)O)C3)nc2)n1. The van der Waals surface area contributed by atoms with Crippen molar-refractivity contribution in [2.24, 2.45) is 5.92 Å². The van der Waals surface area contributed by atoms with Crippen LogP contribution in [0.1, 0.15) is 25.5 Å². The van der Waals surface area contributed by atoms with Crippen LogP contribution in [0.25, 0.3) is 11.4 Å². The quantitative estimate of drug-likeness (QED) is 0.886. The molecule has 3 rings (SSSR count). The van der Waals surface area contributed by atoms with Crippen molar-refractivity contribution in [1.82, 2.24) is 15.0 Å². The van der Waals surface area contributed by atoms with E-state index >= 15 is 0 Å². The number of anilines is 1. The monoisotopic (exact) mass is 328 g/mol. The van der Waals surface area contributed by atoms with Gasteiger partial charge in [-0.1, -0.05) is 6.92 Å². The molecule has 1 unspecified atom stereocenters. The number of hydrogen-bond donors (Lipinski definition) is 2. The number of nitrogens with zero attached hydrogens (tertiary/aromatic N) is 3. The van der Waals surface area contributed by atoms with E-state index in [1.807, 2.05) is 24.0 Å². The zero-order chi connectivity index (χ0) is 17.1. The minimum absolute atomic E-state index is 0.179. The Kier molecular flexibility index (Phi) is 4.59. The highest BCUT2D eigenvalue weighted by Gasteiger charge is 2.26. The maximum Gasteiger partial charge on any atom is 0.308 e. The van der Waals surface area contributed by atoms with Gasteiger partial charge in [0.05, 0.1) is 5.92 Å². The van der Waals surface area contributed by atoms with Gasteiger partial charge >= 0.3 is 5.97 Å². The predicted molar refractivity (Wildman–Crippen MR) is 90.0 cm³/mol. The number of aromatic amines is 1. The standard InChI is InChI=1S/C17H20N4O3/c1-2-13-8-15(22)20-16(19-13)11-5-6-14(18-9-11)21-7-3-4-12(10-21)17(23)24/h5-6,8-9,12H,2-4,7,10H2,1H3,(H,23,24)(H,19,20,22). The summed E-state index contributed by atoms with van der Waals surface area (Å²) in [7, 11) is 0. The molecule has 3 heterocycles. The minimum atomic E-state index is -0.755. The average Bonchev–Trinajstić information content (AvgIpc) is 2.61. The van der Waals surface area contributed by atoms with E-state index in [-0.39, 0.29) is 11.5 Å². The number of carboxylic acids is 1. The molecule has 2 aromatic rings. The van der Waals surface area contributed by atoms with Gasteiger partial charge in [-0.2, -0.15) is 0 Å². The van der Waals surface area contributed by atoms with E-state index in [4.69, 9.17) is 0 Å². The van der Waals surface area contributed by atoms with Crippen LogP contribution in [0.5, 0.6) is 0 Å². The molecule has 1 aliphatic rings. The molecule has 2 aromatic heterocycles. The molecule has 0 aliphatic carbocycles. The van der Waals surface area contributed by atoms with Gasteiger partial charge in [0, 0.05) is 36.6 Å². The lowest BCUT2D eigenvalue weighted by Gasteiger charge is -2.31. The largest absolute Gasteiger partial charge is 0.481 e. The molecule has 0 aromatic carbocycles. The Balaban J connectivity index is 1.82. The summed E-state index contributed by atoms with van der Waals surface area (Å²) in [5.41, 5.74) is 1.29. The summed E-state index contributed by atoms with van der Waals surface area (Å²) < 4.78 is 0. The first kappa shape index (κ1) is 16.2. The summed E-state index contributed by atoms with van der Waals surface area (Å²) in [6.45, 7) is 3.22. The Bertz CT molecular complexity index is 785. The second kappa shape index (κ2) is 6.82. The van der Waals surface area contributed by atoms with Crippen LogP contribution < -0.4 is 10.5 Å². The van der Waals surface area contributed by atoms with Crippen molar-refractivity contribution in [3.63, 3.8) is 0 Å². The smallest absolute Gasteiger partial charge is 0.308 e. The van der Waals surface area contributed by atoms with Gasteiger partial charge in [0.1, 0.15) is 11.6 Å². The van der Waals surface area contributed by atoms with E-state index in [9.17, 15) is 14.7 Å². The van der Waals surface area contributed by atoms with E-state index in [1.165, 1.54) is 6.07 Å². The number of aliphatic carboxylic acids is 1. The third-order valence-corrected chi connectivity index (χ3v) is 4.27. The first-order valence-corrected chi connectivity index (χ1v) is 8.11. The van der Waals surface area contributed by atoms with E-state index in [2.05, 4.69) is 15.0 Å². The summed E-state index contributed by atoms with van der Waals surface area (Å²) in [5.74, 6) is 0.146. The summed E-state index contributed by atoms with van der Waals surface area (Å²) >= 11 is 0. The number of aromatic nitrogens is 3. The number of nitrogens with one attached hydrogen (secondary N) is 1. The number of piperidine rings is 1. The van der Waals surface area contributed by atoms with Gasteiger partial charge in [0.2, 0.25) is 0 Å². The summed E-state index contributed by atoms with van der Waals surface area (Å²) in [5, 5.41) is 9.18. The number of pyridine rings is 1. The van der Waals surface area contributed by atoms with Crippen molar-refractivity contribution >= 4 is 11.8 Å². The van der Waals surface area contributed by atoms with Crippen molar-refractivity contribution in [3.8, 4) is 11.4 Å². The van der Waals surface area contributed by atoms with Gasteiger partial charge < -0.3 is 15.0 Å². The van der Waals surface area contributed by atoms with Crippen molar-refractivity contribution in [2.75, 3.05) is 18.0 Å². The molecule has 0 saturated carbocycles. The van der Waals surface area contributed by atoms with Crippen molar-refractivity contribution < 1.29 is 9.90 Å². The van der Waals surface area contributed by atoms with E-state index in [0.717, 1.165) is 30.0 Å². The molecule has 0 amide bonds. The second-order valence-corrected chi connectivity index (χ2v) is 5.97. The van der Waals surface area contributed by atoms with Crippen molar-refractivity contribution in [1.29, 1.82) is 0 Å². The highest BCUT2D eigenvalue weighted by molar-refractivity contribution is 5.71. The number of carboxylic acid groups (broad SMARTS) is 1. The average molecular weight is 328 g/mol. The molecule has 24 heavy (non-hydrogen) atoms. The molecule has 0 spiro atoms. The van der Waals surface area contributed by atoms with Crippen LogP contribution in [0.4, 0.5) is 5.82 Å². The maximum absolute atomic E-state index is 11.7. The van der Waals surface area contributed by atoms with Gasteiger partial charge in [-0.25, -0.2) is 9.97 Å². The van der Waals surface area contributed by atoms with E-state index in [0.29, 0.717) is 25.2 Å². The highest BCUT2D eigenvalue weighted by atomic mass is 16.4. The molecule has 7 heteroatoms. The summed E-state index contributed by atoms with van der Waals surface area (Å²) in [4.78, 5) is 36.4. The Morgan fingerprint density at radius 2 is 2.29 bits per heavy atom. The van der Waals surface area contributed by atoms with Gasteiger partial charge in [0.15, 0.2) is 0 Å². The first-order valence-electron chi connectivity index (χ1n) is 8.11. The third kappa shape index (κ3) is 3.45. The van der Waals surface area contributed by atoms with Crippen LogP contribution in [0.3, 0.4) is 0 Å². The molecule has 0 bridgehead atoms. The van der Waals surface area contributed by atoms with Crippen LogP contribution in [-0.4, -0.2) is 39.1 Å². The Morgan fingerprint density at radius 1 is 1.46 bits per heavy atom. The van der Waals surface area contributed by atoms with Crippen LogP contribution in [0.2, 0.25) is 0 Å². The van der Waals surface area contributed by atoms with Crippen molar-refractivity contribution in [2.45, 2.75) is 26.2 Å². The van der Waals surface area contributed by atoms with Gasteiger partial charge in [-0.3, -0.25) is 9.59 Å². The molecule has 1 fully saturated rings. The summed E-state index contributed by atoms with van der Waals surface area (Å²) in [6.07, 6.45) is 3.90. The first-order chi connectivity index (χ1) is 11.6. The molecule has 2 N–H and O–H groups in total. The Morgan fingerprint density at radius 3 is 2.96 bits per heavy atom. The highest BCUT2D eigenvalue weighted by Crippen LogP contribution is 2.23. The molecular weight excluding hydrogens is 308 g/mol. The third-order valence-electron chi connectivity index (χ3n) is 4.27. The number of aryl methyl sites for hydroxylation is 1. The number of carbonyl (C=O) groups is 1. The number of rotatable bonds is 4. The summed E-state index contributed by atoms with van der Waals surface area (Å²) in [6, 6.07) is 5.19. The lowest BCUT2D eigenvalue weighted by molar-refractivity contribution is -0.141. The fraction of sp³-hybridized carbons (Fsp3) is 0.412. The normalized spacial score (nSPS) is 17.7. The molecule has 126 valence electrons. The zero-order valence-corrected chi connectivity index (χ0v) is 13.5. The lowest BCUT2D eigenvalue weighted by atomic mass is 9.98. The minimum Gasteiger partial charge on any atom is -0.481 e. The molecule has 7 nitrogen and oxygen atoms in total. The van der Waals surface area contributed by atoms with E-state index in [1.54, 1.807) is 6.20 Å². The van der Waals surface area contributed by atoms with Crippen LogP contribution in [0.15, 0.2) is 29.2 Å². The second-order valence-electron chi connectivity index (χ2n) is 5.97. The zero-order valence-electron chi connectivity index (χ0n) is 13.5. The molecular formula is C17H20N4O3. The van der Waals surface area contributed by atoms with E-state index < -0.39 is 5.97 Å². The van der Waals surface area contributed by atoms with Gasteiger partial charge in [0.25, 0.3) is 5.56 Å². The molecule has 1 atom stereocenters. The van der Waals surface area contributed by atoms with Crippen molar-refractivity contribution in [3.05, 3.63) is 40.4 Å². The van der Waals surface area contributed by atoms with Crippen LogP contribution in [0, 0.1) is 5.92 Å². The molecule has 1 aliphatic heterocycles. The fourth-order valence-electron chi connectivity index (χ4n) is 2.93. The maximum atomic E-state index is 11.7. The van der Waals surface area contributed by atoms with Crippen LogP contribution >= 0.6 is 0 Å². The molecule has 0 radical (unpaired) electrons. The Labute approximate surface area is 139 Å².